The highest BCUT2D eigenvalue weighted by Gasteiger charge is 2.25. The second kappa shape index (κ2) is 14.4. The Kier molecular flexibility index (Phi) is 11.0. The van der Waals surface area contributed by atoms with E-state index in [1.807, 2.05) is 19.1 Å². The van der Waals surface area contributed by atoms with Gasteiger partial charge in [0, 0.05) is 37.3 Å². The zero-order valence-electron chi connectivity index (χ0n) is 22.0. The summed E-state index contributed by atoms with van der Waals surface area (Å²) in [5.41, 5.74) is 9.07. The van der Waals surface area contributed by atoms with E-state index in [1.165, 1.54) is 23.8 Å². The standard InChI is InChI=1S/C29H35F2N3O4/c1-4-19-8-7-9-20(10-19)17-33-18-27(25(32)13-21-11-22(30)14-23(31)12-21)38-29(35)26-15-24(36-5-2)16-28(34-26)37-6-3/h7-12,14-16,25,27,33H,4-6,13,17-18,32H2,1-3H3/t25-,27+/m0/s1. The number of carbonyl (C=O) groups is 1. The van der Waals surface area contributed by atoms with Crippen LogP contribution >= 0.6 is 0 Å². The Bertz CT molecular complexity index is 1160. The van der Waals surface area contributed by atoms with Gasteiger partial charge in [-0.25, -0.2) is 18.6 Å². The predicted molar refractivity (Wildman–Crippen MR) is 141 cm³/mol. The molecule has 0 saturated carbocycles. The average molecular weight is 528 g/mol. The van der Waals surface area contributed by atoms with Crippen LogP contribution in [0.5, 0.6) is 11.6 Å². The molecule has 3 N–H and O–H groups in total. The summed E-state index contributed by atoms with van der Waals surface area (Å²) in [5.74, 6) is -1.46. The van der Waals surface area contributed by atoms with E-state index < -0.39 is 29.7 Å². The van der Waals surface area contributed by atoms with Gasteiger partial charge in [-0.05, 0) is 55.5 Å². The molecule has 2 aromatic carbocycles. The van der Waals surface area contributed by atoms with Gasteiger partial charge in [-0.1, -0.05) is 31.2 Å². The number of carbonyl (C=O) groups excluding carboxylic acids is 1. The molecule has 0 aliphatic heterocycles. The maximum absolute atomic E-state index is 13.8. The van der Waals surface area contributed by atoms with Crippen LogP contribution in [0.4, 0.5) is 8.78 Å². The lowest BCUT2D eigenvalue weighted by Gasteiger charge is -2.25. The Morgan fingerprint density at radius 1 is 0.947 bits per heavy atom. The first-order valence-electron chi connectivity index (χ1n) is 12.8. The summed E-state index contributed by atoms with van der Waals surface area (Å²) in [7, 11) is 0. The smallest absolute Gasteiger partial charge is 0.357 e. The van der Waals surface area contributed by atoms with E-state index in [0.717, 1.165) is 18.1 Å². The van der Waals surface area contributed by atoms with E-state index in [2.05, 4.69) is 29.4 Å². The Morgan fingerprint density at radius 3 is 2.34 bits per heavy atom. The summed E-state index contributed by atoms with van der Waals surface area (Å²) in [6.45, 7) is 7.20. The molecule has 0 amide bonds. The molecule has 2 atom stereocenters. The quantitative estimate of drug-likeness (QED) is 0.296. The van der Waals surface area contributed by atoms with E-state index in [0.29, 0.717) is 31.1 Å². The number of benzene rings is 2. The number of hydrogen-bond donors (Lipinski definition) is 2. The number of aromatic nitrogens is 1. The van der Waals surface area contributed by atoms with Gasteiger partial charge in [-0.2, -0.15) is 0 Å². The predicted octanol–water partition coefficient (Wildman–Crippen LogP) is 4.60. The fourth-order valence-electron chi connectivity index (χ4n) is 3.99. The van der Waals surface area contributed by atoms with Crippen molar-refractivity contribution in [1.29, 1.82) is 0 Å². The first-order chi connectivity index (χ1) is 18.3. The highest BCUT2D eigenvalue weighted by atomic mass is 19.1. The summed E-state index contributed by atoms with van der Waals surface area (Å²) < 4.78 is 44.3. The number of esters is 1. The minimum atomic E-state index is -0.823. The molecule has 3 aromatic rings. The normalized spacial score (nSPS) is 12.6. The maximum Gasteiger partial charge on any atom is 0.357 e. The van der Waals surface area contributed by atoms with Gasteiger partial charge in [0.05, 0.1) is 13.2 Å². The third kappa shape index (κ3) is 8.78. The van der Waals surface area contributed by atoms with Crippen LogP contribution in [-0.2, 0) is 24.1 Å². The first kappa shape index (κ1) is 29.0. The van der Waals surface area contributed by atoms with Crippen molar-refractivity contribution in [1.82, 2.24) is 10.3 Å². The van der Waals surface area contributed by atoms with Crippen LogP contribution in [0, 0.1) is 11.6 Å². The average Bonchev–Trinajstić information content (AvgIpc) is 2.87. The molecule has 0 saturated heterocycles. The minimum Gasteiger partial charge on any atom is -0.494 e. The van der Waals surface area contributed by atoms with Crippen molar-refractivity contribution >= 4 is 5.97 Å². The molecule has 1 heterocycles. The second-order valence-corrected chi connectivity index (χ2v) is 8.79. The molecule has 0 unspecified atom stereocenters. The van der Waals surface area contributed by atoms with Crippen LogP contribution in [0.25, 0.3) is 0 Å². The van der Waals surface area contributed by atoms with Crippen LogP contribution in [0.1, 0.15) is 48.0 Å². The van der Waals surface area contributed by atoms with Crippen molar-refractivity contribution in [3.63, 3.8) is 0 Å². The SMILES string of the molecule is CCOc1cc(OCC)nc(C(=O)O[C@H](CNCc2cccc(CC)c2)[C@@H](N)Cc2cc(F)cc(F)c2)c1. The third-order valence-corrected chi connectivity index (χ3v) is 5.79. The number of nitrogens with two attached hydrogens (primary N) is 1. The molecule has 0 aliphatic carbocycles. The highest BCUT2D eigenvalue weighted by Crippen LogP contribution is 2.21. The number of halogens is 2. The first-order valence-corrected chi connectivity index (χ1v) is 12.8. The van der Waals surface area contributed by atoms with Crippen molar-refractivity contribution in [2.45, 2.75) is 52.3 Å². The number of nitrogens with one attached hydrogen (secondary N) is 1. The lowest BCUT2D eigenvalue weighted by molar-refractivity contribution is 0.0229. The molecule has 1 aromatic heterocycles. The lowest BCUT2D eigenvalue weighted by atomic mass is 10.0. The van der Waals surface area contributed by atoms with E-state index >= 15 is 0 Å². The van der Waals surface area contributed by atoms with E-state index in [-0.39, 0.29) is 24.5 Å². The van der Waals surface area contributed by atoms with Crippen LogP contribution in [0.15, 0.2) is 54.6 Å². The van der Waals surface area contributed by atoms with Gasteiger partial charge in [0.25, 0.3) is 0 Å². The Balaban J connectivity index is 1.78. The van der Waals surface area contributed by atoms with Gasteiger partial charge in [-0.3, -0.25) is 0 Å². The summed E-state index contributed by atoms with van der Waals surface area (Å²) in [4.78, 5) is 17.4. The topological polar surface area (TPSA) is 95.7 Å². The molecule has 3 rings (SSSR count). The van der Waals surface area contributed by atoms with Gasteiger partial charge in [0.15, 0.2) is 5.69 Å². The summed E-state index contributed by atoms with van der Waals surface area (Å²) in [6.07, 6.45) is 0.188. The van der Waals surface area contributed by atoms with Gasteiger partial charge in [-0.15, -0.1) is 0 Å². The number of aryl methyl sites for hydroxylation is 1. The monoisotopic (exact) mass is 527 g/mol. The van der Waals surface area contributed by atoms with Gasteiger partial charge in [0.2, 0.25) is 5.88 Å². The Morgan fingerprint density at radius 2 is 1.66 bits per heavy atom. The summed E-state index contributed by atoms with van der Waals surface area (Å²) in [5, 5.41) is 3.29. The Hall–Kier alpha value is -3.56. The molecule has 0 aliphatic rings. The molecule has 0 spiro atoms. The molecule has 204 valence electrons. The largest absolute Gasteiger partial charge is 0.494 e. The highest BCUT2D eigenvalue weighted by molar-refractivity contribution is 5.88. The van der Waals surface area contributed by atoms with Gasteiger partial charge in [0.1, 0.15) is 23.5 Å². The molecule has 0 bridgehead atoms. The lowest BCUT2D eigenvalue weighted by Crippen LogP contribution is -2.46. The Labute approximate surface area is 222 Å². The number of rotatable bonds is 14. The van der Waals surface area contributed by atoms with Crippen LogP contribution < -0.4 is 20.5 Å². The maximum atomic E-state index is 13.8. The second-order valence-electron chi connectivity index (χ2n) is 8.79. The third-order valence-electron chi connectivity index (χ3n) is 5.79. The zero-order chi connectivity index (χ0) is 27.5. The number of nitrogens with zero attached hydrogens (tertiary/aromatic N) is 1. The van der Waals surface area contributed by atoms with Gasteiger partial charge < -0.3 is 25.3 Å². The fourth-order valence-corrected chi connectivity index (χ4v) is 3.99. The molecule has 0 fully saturated rings. The van der Waals surface area contributed by atoms with E-state index in [1.54, 1.807) is 13.0 Å². The number of pyridine rings is 1. The molecule has 38 heavy (non-hydrogen) atoms. The van der Waals surface area contributed by atoms with Crippen molar-refractivity contribution in [3.05, 3.63) is 88.6 Å². The van der Waals surface area contributed by atoms with Crippen LogP contribution in [0.3, 0.4) is 0 Å². The number of ether oxygens (including phenoxy) is 3. The molecular weight excluding hydrogens is 492 g/mol. The molecule has 9 heteroatoms. The van der Waals surface area contributed by atoms with E-state index in [4.69, 9.17) is 19.9 Å². The minimum absolute atomic E-state index is 0.00375. The van der Waals surface area contributed by atoms with E-state index in [9.17, 15) is 13.6 Å². The van der Waals surface area contributed by atoms with Crippen LogP contribution in [0.2, 0.25) is 0 Å². The van der Waals surface area contributed by atoms with Gasteiger partial charge >= 0.3 is 5.97 Å². The fraction of sp³-hybridized carbons (Fsp3) is 0.379. The van der Waals surface area contributed by atoms with Crippen molar-refractivity contribution in [2.75, 3.05) is 19.8 Å². The van der Waals surface area contributed by atoms with Crippen LogP contribution in [-0.4, -0.2) is 42.9 Å². The molecule has 0 radical (unpaired) electrons. The van der Waals surface area contributed by atoms with Crippen molar-refractivity contribution in [2.24, 2.45) is 5.73 Å². The van der Waals surface area contributed by atoms with Crippen molar-refractivity contribution in [3.8, 4) is 11.6 Å². The summed E-state index contributed by atoms with van der Waals surface area (Å²) >= 11 is 0. The zero-order valence-corrected chi connectivity index (χ0v) is 22.0. The molecular formula is C29H35F2N3O4. The number of hydrogen-bond acceptors (Lipinski definition) is 7. The van der Waals surface area contributed by atoms with Crippen molar-refractivity contribution < 1.29 is 27.8 Å². The molecule has 7 nitrogen and oxygen atoms in total. The summed E-state index contributed by atoms with van der Waals surface area (Å²) in [6, 6.07) is 13.7.